The Labute approximate surface area is 124 Å². The highest BCUT2D eigenvalue weighted by molar-refractivity contribution is 5.78. The molecule has 2 fully saturated rings. The Bertz CT molecular complexity index is 506. The van der Waals surface area contributed by atoms with Crippen LogP contribution in [0.4, 0.5) is 4.39 Å². The number of fused-ring (bicyclic) bond motifs is 3. The van der Waals surface area contributed by atoms with Crippen molar-refractivity contribution in [2.24, 2.45) is 5.92 Å². The van der Waals surface area contributed by atoms with Crippen molar-refractivity contribution in [2.75, 3.05) is 39.9 Å². The highest BCUT2D eigenvalue weighted by Gasteiger charge is 2.33. The number of hydrogen-bond donors (Lipinski definition) is 0. The predicted molar refractivity (Wildman–Crippen MR) is 77.4 cm³/mol. The fourth-order valence-corrected chi connectivity index (χ4v) is 3.14. The summed E-state index contributed by atoms with van der Waals surface area (Å²) in [6.45, 7) is 3.85. The van der Waals surface area contributed by atoms with Crippen LogP contribution in [0.3, 0.4) is 0 Å². The first-order valence-electron chi connectivity index (χ1n) is 7.42. The summed E-state index contributed by atoms with van der Waals surface area (Å²) in [5.41, 5.74) is 0.861. The number of rotatable bonds is 2. The van der Waals surface area contributed by atoms with Gasteiger partial charge < -0.3 is 9.64 Å². The quantitative estimate of drug-likeness (QED) is 0.820. The lowest BCUT2D eigenvalue weighted by atomic mass is 10.1. The minimum atomic E-state index is -0.269. The lowest BCUT2D eigenvalue weighted by Crippen LogP contribution is -2.45. The number of hydrogen-bond acceptors (Lipinski definition) is 3. The summed E-state index contributed by atoms with van der Waals surface area (Å²) in [6.07, 6.45) is 0.338. The van der Waals surface area contributed by atoms with E-state index in [9.17, 15) is 9.18 Å². The van der Waals surface area contributed by atoms with Gasteiger partial charge in [0.05, 0.1) is 25.7 Å². The highest BCUT2D eigenvalue weighted by Crippen LogP contribution is 2.19. The molecule has 2 aliphatic heterocycles. The summed E-state index contributed by atoms with van der Waals surface area (Å²) in [5.74, 6) is 0.225. The second-order valence-electron chi connectivity index (χ2n) is 6.10. The second kappa shape index (κ2) is 6.12. The SMILES string of the molecule is CN1C[C@H]2COC[C@@H]1CN(C(=O)Cc1ccc(F)cc1)C2. The van der Waals surface area contributed by atoms with E-state index in [1.807, 2.05) is 4.90 Å². The number of benzene rings is 1. The minimum absolute atomic E-state index is 0.119. The van der Waals surface area contributed by atoms with Crippen LogP contribution >= 0.6 is 0 Å². The van der Waals surface area contributed by atoms with Gasteiger partial charge in [-0.3, -0.25) is 9.69 Å². The third-order valence-corrected chi connectivity index (χ3v) is 4.36. The minimum Gasteiger partial charge on any atom is -0.379 e. The number of ether oxygens (including phenoxy) is 1. The Balaban J connectivity index is 1.68. The summed E-state index contributed by atoms with van der Waals surface area (Å²) in [6, 6.07) is 6.44. The van der Waals surface area contributed by atoms with Gasteiger partial charge in [-0.1, -0.05) is 12.1 Å². The summed E-state index contributed by atoms with van der Waals surface area (Å²) in [7, 11) is 2.10. The molecule has 0 N–H and O–H groups in total. The van der Waals surface area contributed by atoms with Crippen molar-refractivity contribution >= 4 is 5.91 Å². The van der Waals surface area contributed by atoms with Crippen molar-refractivity contribution in [3.8, 4) is 0 Å². The number of carbonyl (C=O) groups excluding carboxylic acids is 1. The lowest BCUT2D eigenvalue weighted by Gasteiger charge is -2.29. The third-order valence-electron chi connectivity index (χ3n) is 4.36. The molecule has 2 aliphatic rings. The molecule has 0 saturated carbocycles. The topological polar surface area (TPSA) is 32.8 Å². The van der Waals surface area contributed by atoms with Crippen LogP contribution in [0.25, 0.3) is 0 Å². The monoisotopic (exact) mass is 292 g/mol. The van der Waals surface area contributed by atoms with Crippen LogP contribution in [-0.4, -0.2) is 61.6 Å². The van der Waals surface area contributed by atoms with Crippen LogP contribution in [0.5, 0.6) is 0 Å². The van der Waals surface area contributed by atoms with Gasteiger partial charge >= 0.3 is 0 Å². The molecule has 0 unspecified atom stereocenters. The van der Waals surface area contributed by atoms with E-state index in [0.29, 0.717) is 25.5 Å². The average molecular weight is 292 g/mol. The van der Waals surface area contributed by atoms with Gasteiger partial charge in [-0.15, -0.1) is 0 Å². The van der Waals surface area contributed by atoms with Gasteiger partial charge in [0.1, 0.15) is 5.82 Å². The number of nitrogens with zero attached hydrogens (tertiary/aromatic N) is 2. The zero-order valence-corrected chi connectivity index (χ0v) is 12.3. The average Bonchev–Trinajstić information content (AvgIpc) is 2.69. The maximum absolute atomic E-state index is 12.9. The van der Waals surface area contributed by atoms with E-state index in [2.05, 4.69) is 11.9 Å². The predicted octanol–water partition coefficient (Wildman–Crippen LogP) is 1.16. The first-order chi connectivity index (χ1) is 10.1. The molecule has 1 aromatic rings. The van der Waals surface area contributed by atoms with Gasteiger partial charge in [0, 0.05) is 25.6 Å². The number of likely N-dealkylation sites (N-methyl/N-ethyl adjacent to an activating group) is 1. The Morgan fingerprint density at radius 1 is 1.24 bits per heavy atom. The van der Waals surface area contributed by atoms with Crippen LogP contribution in [0.2, 0.25) is 0 Å². The molecule has 4 nitrogen and oxygen atoms in total. The molecule has 114 valence electrons. The number of carbonyl (C=O) groups is 1. The second-order valence-corrected chi connectivity index (χ2v) is 6.10. The molecule has 2 heterocycles. The van der Waals surface area contributed by atoms with Gasteiger partial charge in [-0.2, -0.15) is 0 Å². The van der Waals surface area contributed by atoms with Crippen molar-refractivity contribution in [1.29, 1.82) is 0 Å². The maximum atomic E-state index is 12.9. The van der Waals surface area contributed by atoms with Gasteiger partial charge in [-0.25, -0.2) is 4.39 Å². The molecular formula is C16H21FN2O2. The van der Waals surface area contributed by atoms with Crippen molar-refractivity contribution in [3.63, 3.8) is 0 Å². The number of amides is 1. The zero-order chi connectivity index (χ0) is 14.8. The fourth-order valence-electron chi connectivity index (χ4n) is 3.14. The molecule has 0 aliphatic carbocycles. The summed E-state index contributed by atoms with van der Waals surface area (Å²) < 4.78 is 18.6. The smallest absolute Gasteiger partial charge is 0.227 e. The highest BCUT2D eigenvalue weighted by atomic mass is 19.1. The van der Waals surface area contributed by atoms with Crippen molar-refractivity contribution in [2.45, 2.75) is 12.5 Å². The fraction of sp³-hybridized carbons (Fsp3) is 0.562. The normalized spacial score (nSPS) is 26.5. The van der Waals surface area contributed by atoms with Gasteiger partial charge in [0.25, 0.3) is 0 Å². The van der Waals surface area contributed by atoms with Crippen LogP contribution in [0.15, 0.2) is 24.3 Å². The molecule has 0 aromatic heterocycles. The Morgan fingerprint density at radius 2 is 2.00 bits per heavy atom. The van der Waals surface area contributed by atoms with Crippen LogP contribution in [0.1, 0.15) is 5.56 Å². The summed E-state index contributed by atoms with van der Waals surface area (Å²) >= 11 is 0. The van der Waals surface area contributed by atoms with E-state index < -0.39 is 0 Å². The lowest BCUT2D eigenvalue weighted by molar-refractivity contribution is -0.132. The summed E-state index contributed by atoms with van der Waals surface area (Å²) in [4.78, 5) is 16.8. The first-order valence-corrected chi connectivity index (χ1v) is 7.42. The standard InChI is InChI=1S/C16H21FN2O2/c1-18-7-13-8-19(9-15(18)11-21-10-13)16(20)6-12-2-4-14(17)5-3-12/h2-5,13,15H,6-11H2,1H3/t13-,15+/m1/s1. The first kappa shape index (κ1) is 14.5. The molecule has 0 radical (unpaired) electrons. The molecule has 2 bridgehead atoms. The number of halogens is 1. The van der Waals surface area contributed by atoms with Gasteiger partial charge in [0.15, 0.2) is 0 Å². The molecule has 2 saturated heterocycles. The molecule has 2 atom stereocenters. The van der Waals surface area contributed by atoms with Crippen LogP contribution < -0.4 is 0 Å². The molecule has 1 amide bonds. The zero-order valence-electron chi connectivity index (χ0n) is 12.3. The largest absolute Gasteiger partial charge is 0.379 e. The van der Waals surface area contributed by atoms with E-state index in [1.54, 1.807) is 12.1 Å². The molecule has 0 spiro atoms. The van der Waals surface area contributed by atoms with Crippen LogP contribution in [-0.2, 0) is 16.0 Å². The van der Waals surface area contributed by atoms with Crippen LogP contribution in [0, 0.1) is 11.7 Å². The van der Waals surface area contributed by atoms with E-state index in [0.717, 1.165) is 25.3 Å². The third kappa shape index (κ3) is 3.41. The van der Waals surface area contributed by atoms with Crippen molar-refractivity contribution in [1.82, 2.24) is 9.80 Å². The molecule has 3 rings (SSSR count). The Kier molecular flexibility index (Phi) is 4.22. The van der Waals surface area contributed by atoms with Gasteiger partial charge in [0.2, 0.25) is 5.91 Å². The van der Waals surface area contributed by atoms with Crippen molar-refractivity contribution < 1.29 is 13.9 Å². The van der Waals surface area contributed by atoms with E-state index in [1.165, 1.54) is 12.1 Å². The van der Waals surface area contributed by atoms with Crippen molar-refractivity contribution in [3.05, 3.63) is 35.6 Å². The maximum Gasteiger partial charge on any atom is 0.227 e. The Hall–Kier alpha value is -1.46. The molecular weight excluding hydrogens is 271 g/mol. The van der Waals surface area contributed by atoms with E-state index >= 15 is 0 Å². The van der Waals surface area contributed by atoms with E-state index in [4.69, 9.17) is 4.74 Å². The molecule has 21 heavy (non-hydrogen) atoms. The molecule has 5 heteroatoms. The summed E-state index contributed by atoms with van der Waals surface area (Å²) in [5, 5.41) is 0. The Morgan fingerprint density at radius 3 is 2.76 bits per heavy atom. The molecule has 1 aromatic carbocycles. The van der Waals surface area contributed by atoms with E-state index in [-0.39, 0.29) is 17.8 Å². The van der Waals surface area contributed by atoms with Gasteiger partial charge in [-0.05, 0) is 24.7 Å².